The summed E-state index contributed by atoms with van der Waals surface area (Å²) in [6.45, 7) is -0.510. The second-order valence-corrected chi connectivity index (χ2v) is 4.74. The monoisotopic (exact) mass is 348 g/mol. The first-order valence-electron chi connectivity index (χ1n) is 6.73. The predicted octanol–water partition coefficient (Wildman–Crippen LogP) is -4.59. The third kappa shape index (κ3) is 7.51. The van der Waals surface area contributed by atoms with Crippen LogP contribution >= 0.6 is 0 Å². The molecule has 0 aromatic rings. The lowest BCUT2D eigenvalue weighted by molar-refractivity contribution is -0.141. The fourth-order valence-corrected chi connectivity index (χ4v) is 1.57. The van der Waals surface area contributed by atoms with Crippen molar-refractivity contribution in [2.24, 2.45) is 5.73 Å². The zero-order valence-electron chi connectivity index (χ0n) is 12.8. The van der Waals surface area contributed by atoms with Gasteiger partial charge in [0.1, 0.15) is 18.1 Å². The molecule has 0 aliphatic heterocycles. The van der Waals surface area contributed by atoms with E-state index in [9.17, 15) is 24.0 Å². The zero-order valence-corrected chi connectivity index (χ0v) is 12.8. The highest BCUT2D eigenvalue weighted by molar-refractivity contribution is 5.95. The average Bonchev–Trinajstić information content (AvgIpc) is 2.47. The van der Waals surface area contributed by atoms with Crippen molar-refractivity contribution in [2.45, 2.75) is 31.5 Å². The SMILES string of the molecule is CC(=O)NC(CO)C(=O)NC(CC(=O)O)C(=O)NC(CO)C(N)=O. The second kappa shape index (κ2) is 10.1. The molecule has 3 atom stereocenters. The van der Waals surface area contributed by atoms with Crippen LogP contribution in [0.2, 0.25) is 0 Å². The molecule has 0 aliphatic rings. The molecule has 136 valence electrons. The Hall–Kier alpha value is -2.73. The Balaban J connectivity index is 5.08. The molecule has 24 heavy (non-hydrogen) atoms. The Morgan fingerprint density at radius 2 is 1.33 bits per heavy atom. The van der Waals surface area contributed by atoms with Crippen LogP contribution in [-0.4, -0.2) is 76.3 Å². The Kier molecular flexibility index (Phi) is 8.97. The summed E-state index contributed by atoms with van der Waals surface area (Å²) in [5.74, 6) is -5.21. The van der Waals surface area contributed by atoms with Gasteiger partial charge in [0.05, 0.1) is 19.6 Å². The number of hydrogen-bond acceptors (Lipinski definition) is 7. The minimum atomic E-state index is -1.62. The number of carboxylic acids is 1. The van der Waals surface area contributed by atoms with Crippen molar-refractivity contribution in [3.63, 3.8) is 0 Å². The van der Waals surface area contributed by atoms with Crippen LogP contribution in [0, 0.1) is 0 Å². The summed E-state index contributed by atoms with van der Waals surface area (Å²) in [6.07, 6.45) is -0.841. The highest BCUT2D eigenvalue weighted by Crippen LogP contribution is 1.97. The van der Waals surface area contributed by atoms with Crippen molar-refractivity contribution in [1.82, 2.24) is 16.0 Å². The fourth-order valence-electron chi connectivity index (χ4n) is 1.57. The zero-order chi connectivity index (χ0) is 18.9. The van der Waals surface area contributed by atoms with Crippen molar-refractivity contribution in [3.05, 3.63) is 0 Å². The summed E-state index contributed by atoms with van der Waals surface area (Å²) in [5, 5.41) is 32.9. The van der Waals surface area contributed by atoms with E-state index < -0.39 is 67.4 Å². The summed E-state index contributed by atoms with van der Waals surface area (Å²) in [5.41, 5.74) is 4.92. The van der Waals surface area contributed by atoms with E-state index >= 15 is 0 Å². The Morgan fingerprint density at radius 3 is 1.71 bits per heavy atom. The molecule has 12 nitrogen and oxygen atoms in total. The van der Waals surface area contributed by atoms with Crippen LogP contribution in [0.4, 0.5) is 0 Å². The van der Waals surface area contributed by atoms with E-state index in [1.165, 1.54) is 0 Å². The number of aliphatic hydroxyl groups is 2. The molecular formula is C12H20N4O8. The van der Waals surface area contributed by atoms with Crippen molar-refractivity contribution in [1.29, 1.82) is 0 Å². The molecule has 0 saturated carbocycles. The Morgan fingerprint density at radius 1 is 0.875 bits per heavy atom. The van der Waals surface area contributed by atoms with Crippen molar-refractivity contribution < 1.29 is 39.3 Å². The molecule has 12 heteroatoms. The number of carbonyl (C=O) groups excluding carboxylic acids is 4. The number of rotatable bonds is 10. The van der Waals surface area contributed by atoms with Gasteiger partial charge in [0.25, 0.3) is 0 Å². The van der Waals surface area contributed by atoms with Crippen LogP contribution in [0.15, 0.2) is 0 Å². The van der Waals surface area contributed by atoms with Crippen LogP contribution in [-0.2, 0) is 24.0 Å². The number of amides is 4. The van der Waals surface area contributed by atoms with E-state index in [0.717, 1.165) is 6.92 Å². The van der Waals surface area contributed by atoms with Gasteiger partial charge in [-0.15, -0.1) is 0 Å². The van der Waals surface area contributed by atoms with Crippen molar-refractivity contribution >= 4 is 29.6 Å². The number of aliphatic carboxylic acids is 1. The Bertz CT molecular complexity index is 509. The maximum atomic E-state index is 12.0. The minimum absolute atomic E-state index is 0.627. The van der Waals surface area contributed by atoms with Crippen LogP contribution in [0.5, 0.6) is 0 Å². The maximum absolute atomic E-state index is 12.0. The summed E-state index contributed by atoms with van der Waals surface area (Å²) < 4.78 is 0. The van der Waals surface area contributed by atoms with Gasteiger partial charge in [-0.25, -0.2) is 0 Å². The normalized spacial score (nSPS) is 14.0. The van der Waals surface area contributed by atoms with Gasteiger partial charge in [-0.1, -0.05) is 0 Å². The molecule has 0 spiro atoms. The van der Waals surface area contributed by atoms with E-state index in [1.54, 1.807) is 0 Å². The minimum Gasteiger partial charge on any atom is -0.481 e. The van der Waals surface area contributed by atoms with E-state index in [1.807, 2.05) is 10.6 Å². The summed E-state index contributed by atoms with van der Waals surface area (Å²) in [4.78, 5) is 56.6. The van der Waals surface area contributed by atoms with Crippen LogP contribution in [0.1, 0.15) is 13.3 Å². The van der Waals surface area contributed by atoms with Crippen molar-refractivity contribution in [3.8, 4) is 0 Å². The second-order valence-electron chi connectivity index (χ2n) is 4.74. The quantitative estimate of drug-likeness (QED) is 0.204. The number of nitrogens with one attached hydrogen (secondary N) is 3. The highest BCUT2D eigenvalue weighted by atomic mass is 16.4. The molecule has 0 fully saturated rings. The van der Waals surface area contributed by atoms with Crippen LogP contribution < -0.4 is 21.7 Å². The lowest BCUT2D eigenvalue weighted by Gasteiger charge is -2.22. The smallest absolute Gasteiger partial charge is 0.305 e. The molecule has 0 aliphatic carbocycles. The highest BCUT2D eigenvalue weighted by Gasteiger charge is 2.29. The lowest BCUT2D eigenvalue weighted by Crippen LogP contribution is -2.58. The van der Waals surface area contributed by atoms with Gasteiger partial charge in [-0.2, -0.15) is 0 Å². The number of aliphatic hydroxyl groups excluding tert-OH is 2. The third-order valence-corrected chi connectivity index (χ3v) is 2.73. The third-order valence-electron chi connectivity index (χ3n) is 2.73. The largest absolute Gasteiger partial charge is 0.481 e. The van der Waals surface area contributed by atoms with Gasteiger partial charge in [0, 0.05) is 6.92 Å². The number of carbonyl (C=O) groups is 5. The van der Waals surface area contributed by atoms with Gasteiger partial charge >= 0.3 is 5.97 Å². The van der Waals surface area contributed by atoms with Crippen LogP contribution in [0.25, 0.3) is 0 Å². The van der Waals surface area contributed by atoms with Crippen molar-refractivity contribution in [2.75, 3.05) is 13.2 Å². The van der Waals surface area contributed by atoms with E-state index in [0.29, 0.717) is 0 Å². The molecule has 3 unspecified atom stereocenters. The topological polar surface area (TPSA) is 208 Å². The Labute approximate surface area is 136 Å². The van der Waals surface area contributed by atoms with Gasteiger partial charge < -0.3 is 37.0 Å². The summed E-state index contributed by atoms with van der Waals surface area (Å²) in [6, 6.07) is -4.47. The molecule has 0 heterocycles. The van der Waals surface area contributed by atoms with Gasteiger partial charge in [0.15, 0.2) is 0 Å². The number of hydrogen-bond donors (Lipinski definition) is 7. The molecule has 0 aromatic heterocycles. The molecule has 0 rings (SSSR count). The molecule has 0 bridgehead atoms. The fraction of sp³-hybridized carbons (Fsp3) is 0.583. The first-order valence-corrected chi connectivity index (χ1v) is 6.73. The maximum Gasteiger partial charge on any atom is 0.305 e. The lowest BCUT2D eigenvalue weighted by atomic mass is 10.1. The first kappa shape index (κ1) is 21.3. The number of carboxylic acid groups (broad SMARTS) is 1. The van der Waals surface area contributed by atoms with Gasteiger partial charge in [-0.3, -0.25) is 24.0 Å². The molecule has 8 N–H and O–H groups in total. The van der Waals surface area contributed by atoms with E-state index in [4.69, 9.17) is 21.1 Å². The molecule has 0 aromatic carbocycles. The summed E-state index contributed by atoms with van der Waals surface area (Å²) in [7, 11) is 0. The van der Waals surface area contributed by atoms with E-state index in [-0.39, 0.29) is 0 Å². The first-order chi connectivity index (χ1) is 11.1. The average molecular weight is 348 g/mol. The van der Waals surface area contributed by atoms with Crippen LogP contribution in [0.3, 0.4) is 0 Å². The standard InChI is InChI=1S/C12H20N4O8/c1-5(19)14-8(4-18)12(24)15-6(2-9(20)21)11(23)16-7(3-17)10(13)22/h6-8,17-18H,2-4H2,1H3,(H2,13,22)(H,14,19)(H,15,24)(H,16,23)(H,20,21). The van der Waals surface area contributed by atoms with Gasteiger partial charge in [0.2, 0.25) is 23.6 Å². The number of primary amides is 1. The molecule has 0 radical (unpaired) electrons. The molecule has 4 amide bonds. The predicted molar refractivity (Wildman–Crippen MR) is 77.1 cm³/mol. The summed E-state index contributed by atoms with van der Waals surface area (Å²) >= 11 is 0. The molecular weight excluding hydrogens is 328 g/mol. The van der Waals surface area contributed by atoms with Gasteiger partial charge in [-0.05, 0) is 0 Å². The molecule has 0 saturated heterocycles. The number of nitrogens with two attached hydrogens (primary N) is 1. The van der Waals surface area contributed by atoms with E-state index in [2.05, 4.69) is 5.32 Å².